The fourth-order valence-electron chi connectivity index (χ4n) is 2.17. The molecule has 0 aliphatic carbocycles. The number of aryl methyl sites for hydroxylation is 1. The van der Waals surface area contributed by atoms with Gasteiger partial charge in [-0.25, -0.2) is 0 Å². The zero-order valence-electron chi connectivity index (χ0n) is 14.2. The first kappa shape index (κ1) is 19.3. The molecule has 0 aliphatic heterocycles. The lowest BCUT2D eigenvalue weighted by Gasteiger charge is -2.04. The number of nitrogens with one attached hydrogen (secondary N) is 2. The van der Waals surface area contributed by atoms with Crippen molar-refractivity contribution in [2.75, 3.05) is 16.4 Å². The van der Waals surface area contributed by atoms with E-state index in [1.807, 2.05) is 25.1 Å². The Balaban J connectivity index is 1.52. The van der Waals surface area contributed by atoms with Crippen molar-refractivity contribution >= 4 is 57.3 Å². The second kappa shape index (κ2) is 8.98. The molecule has 0 saturated carbocycles. The number of halogens is 1. The average molecular weight is 419 g/mol. The number of aromatic nitrogens is 2. The number of anilines is 2. The molecule has 2 N–H and O–H groups in total. The summed E-state index contributed by atoms with van der Waals surface area (Å²) in [7, 11) is 0. The fraction of sp³-hybridized carbons (Fsp3) is 0.111. The second-order valence-corrected chi connectivity index (χ2v) is 8.12. The molecule has 0 radical (unpaired) electrons. The van der Waals surface area contributed by atoms with Gasteiger partial charge in [0, 0.05) is 16.3 Å². The van der Waals surface area contributed by atoms with Crippen LogP contribution in [0.3, 0.4) is 0 Å². The topological polar surface area (TPSA) is 84.0 Å². The van der Waals surface area contributed by atoms with Crippen LogP contribution < -0.4 is 10.6 Å². The van der Waals surface area contributed by atoms with E-state index in [-0.39, 0.29) is 17.6 Å². The Bertz CT molecular complexity index is 960. The van der Waals surface area contributed by atoms with Crippen LogP contribution in [0.15, 0.2) is 52.9 Å². The molecule has 1 heterocycles. The highest BCUT2D eigenvalue weighted by atomic mass is 35.5. The second-order valence-electron chi connectivity index (χ2n) is 5.49. The van der Waals surface area contributed by atoms with E-state index in [0.717, 1.165) is 5.56 Å². The Morgan fingerprint density at radius 3 is 2.56 bits per heavy atom. The predicted octanol–water partition coefficient (Wildman–Crippen LogP) is 4.48. The van der Waals surface area contributed by atoms with Gasteiger partial charge in [-0.15, -0.1) is 10.2 Å². The molecule has 2 aromatic carbocycles. The van der Waals surface area contributed by atoms with E-state index in [9.17, 15) is 9.59 Å². The average Bonchev–Trinajstić information content (AvgIpc) is 3.09. The van der Waals surface area contributed by atoms with Gasteiger partial charge in [0.05, 0.1) is 5.75 Å². The number of carbonyl (C=O) groups excluding carboxylic acids is 2. The number of rotatable bonds is 6. The molecule has 2 amide bonds. The van der Waals surface area contributed by atoms with E-state index in [1.165, 1.54) is 23.1 Å². The summed E-state index contributed by atoms with van der Waals surface area (Å²) < 4.78 is 0.598. The predicted molar refractivity (Wildman–Crippen MR) is 110 cm³/mol. The third kappa shape index (κ3) is 5.53. The summed E-state index contributed by atoms with van der Waals surface area (Å²) in [5, 5.41) is 14.5. The summed E-state index contributed by atoms with van der Waals surface area (Å²) >= 11 is 8.29. The van der Waals surface area contributed by atoms with Crippen molar-refractivity contribution in [3.8, 4) is 0 Å². The third-order valence-corrected chi connectivity index (χ3v) is 5.70. The molecule has 138 valence electrons. The maximum Gasteiger partial charge on any atom is 0.257 e. The molecule has 1 aromatic heterocycles. The van der Waals surface area contributed by atoms with Gasteiger partial charge in [-0.05, 0) is 42.8 Å². The number of hydrogen-bond acceptors (Lipinski definition) is 6. The van der Waals surface area contributed by atoms with Gasteiger partial charge >= 0.3 is 0 Å². The van der Waals surface area contributed by atoms with Gasteiger partial charge in [-0.1, -0.05) is 52.9 Å². The molecule has 6 nitrogen and oxygen atoms in total. The highest BCUT2D eigenvalue weighted by Gasteiger charge is 2.13. The van der Waals surface area contributed by atoms with Gasteiger partial charge in [0.2, 0.25) is 11.0 Å². The molecule has 0 unspecified atom stereocenters. The summed E-state index contributed by atoms with van der Waals surface area (Å²) in [5.74, 6) is -0.215. The Morgan fingerprint density at radius 1 is 1.07 bits per heavy atom. The third-order valence-electron chi connectivity index (χ3n) is 3.47. The van der Waals surface area contributed by atoms with Crippen molar-refractivity contribution in [3.05, 3.63) is 64.7 Å². The van der Waals surface area contributed by atoms with Crippen LogP contribution in [0, 0.1) is 6.92 Å². The zero-order valence-corrected chi connectivity index (χ0v) is 16.6. The van der Waals surface area contributed by atoms with E-state index in [1.54, 1.807) is 30.3 Å². The maximum absolute atomic E-state index is 12.3. The molecule has 0 atom stereocenters. The molecule has 0 spiro atoms. The number of hydrogen-bond donors (Lipinski definition) is 2. The maximum atomic E-state index is 12.3. The summed E-state index contributed by atoms with van der Waals surface area (Å²) in [4.78, 5) is 24.3. The molecule has 9 heteroatoms. The first-order valence-electron chi connectivity index (χ1n) is 7.90. The number of thioether (sulfide) groups is 1. The van der Waals surface area contributed by atoms with E-state index in [4.69, 9.17) is 11.6 Å². The summed E-state index contributed by atoms with van der Waals surface area (Å²) in [5.41, 5.74) is 2.14. The van der Waals surface area contributed by atoms with Gasteiger partial charge in [-0.3, -0.25) is 14.9 Å². The van der Waals surface area contributed by atoms with Crippen LogP contribution in [0.25, 0.3) is 0 Å². The number of carbonyl (C=O) groups is 2. The molecular weight excluding hydrogens is 404 g/mol. The monoisotopic (exact) mass is 418 g/mol. The van der Waals surface area contributed by atoms with Crippen molar-refractivity contribution in [1.82, 2.24) is 10.2 Å². The van der Waals surface area contributed by atoms with Crippen molar-refractivity contribution in [2.45, 2.75) is 11.3 Å². The summed E-state index contributed by atoms with van der Waals surface area (Å²) in [6, 6.07) is 14.2. The van der Waals surface area contributed by atoms with Crippen molar-refractivity contribution in [2.24, 2.45) is 0 Å². The fourth-order valence-corrected chi connectivity index (χ4v) is 3.84. The minimum Gasteiger partial charge on any atom is -0.325 e. The van der Waals surface area contributed by atoms with Gasteiger partial charge in [0.1, 0.15) is 0 Å². The van der Waals surface area contributed by atoms with E-state index >= 15 is 0 Å². The van der Waals surface area contributed by atoms with Crippen molar-refractivity contribution < 1.29 is 9.59 Å². The van der Waals surface area contributed by atoms with E-state index in [2.05, 4.69) is 20.8 Å². The Hall–Kier alpha value is -2.42. The van der Waals surface area contributed by atoms with E-state index in [0.29, 0.717) is 25.7 Å². The van der Waals surface area contributed by atoms with Crippen LogP contribution >= 0.6 is 34.7 Å². The molecule has 0 bridgehead atoms. The largest absolute Gasteiger partial charge is 0.325 e. The molecule has 27 heavy (non-hydrogen) atoms. The highest BCUT2D eigenvalue weighted by molar-refractivity contribution is 8.01. The number of nitrogens with zero attached hydrogens (tertiary/aromatic N) is 2. The molecule has 3 aromatic rings. The molecular formula is C18H15ClN4O2S2. The highest BCUT2D eigenvalue weighted by Crippen LogP contribution is 2.26. The van der Waals surface area contributed by atoms with Crippen LogP contribution in [-0.4, -0.2) is 27.8 Å². The smallest absolute Gasteiger partial charge is 0.257 e. The SMILES string of the molecule is Cc1ccccc1C(=O)Nc1nnc(SCC(=O)Nc2ccc(Cl)cc2)s1. The van der Waals surface area contributed by atoms with Gasteiger partial charge in [-0.2, -0.15) is 0 Å². The van der Waals surface area contributed by atoms with Crippen LogP contribution in [0.5, 0.6) is 0 Å². The minimum atomic E-state index is -0.235. The molecule has 3 rings (SSSR count). The van der Waals surface area contributed by atoms with Gasteiger partial charge in [0.25, 0.3) is 5.91 Å². The first-order valence-corrected chi connectivity index (χ1v) is 10.1. The van der Waals surface area contributed by atoms with Gasteiger partial charge in [0.15, 0.2) is 4.34 Å². The number of benzene rings is 2. The molecule has 0 fully saturated rings. The Kier molecular flexibility index (Phi) is 6.44. The lowest BCUT2D eigenvalue weighted by atomic mass is 10.1. The van der Waals surface area contributed by atoms with Crippen LogP contribution in [0.4, 0.5) is 10.8 Å². The molecule has 0 aliphatic rings. The summed E-state index contributed by atoms with van der Waals surface area (Å²) in [6.07, 6.45) is 0. The number of amides is 2. The standard InChI is InChI=1S/C18H15ClN4O2S2/c1-11-4-2-3-5-14(11)16(25)21-17-22-23-18(27-17)26-10-15(24)20-13-8-6-12(19)7-9-13/h2-9H,10H2,1H3,(H,20,24)(H,21,22,25). The summed E-state index contributed by atoms with van der Waals surface area (Å²) in [6.45, 7) is 1.87. The van der Waals surface area contributed by atoms with Gasteiger partial charge < -0.3 is 5.32 Å². The lowest BCUT2D eigenvalue weighted by Crippen LogP contribution is -2.13. The Morgan fingerprint density at radius 2 is 1.81 bits per heavy atom. The van der Waals surface area contributed by atoms with Crippen LogP contribution in [0.2, 0.25) is 5.02 Å². The first-order chi connectivity index (χ1) is 13.0. The van der Waals surface area contributed by atoms with Crippen molar-refractivity contribution in [1.29, 1.82) is 0 Å². The van der Waals surface area contributed by atoms with E-state index < -0.39 is 0 Å². The van der Waals surface area contributed by atoms with Crippen LogP contribution in [-0.2, 0) is 4.79 Å². The lowest BCUT2D eigenvalue weighted by molar-refractivity contribution is -0.113. The Labute approximate surface area is 169 Å². The minimum absolute atomic E-state index is 0.164. The molecule has 0 saturated heterocycles. The van der Waals surface area contributed by atoms with Crippen LogP contribution in [0.1, 0.15) is 15.9 Å². The quantitative estimate of drug-likeness (QED) is 0.455. The normalized spacial score (nSPS) is 10.4. The van der Waals surface area contributed by atoms with Crippen molar-refractivity contribution in [3.63, 3.8) is 0 Å². The zero-order chi connectivity index (χ0) is 19.2.